The Hall–Kier alpha value is -0.320. The number of hydrogen-bond donors (Lipinski definition) is 0. The molecule has 2 nitrogen and oxygen atoms in total. The van der Waals surface area contributed by atoms with E-state index in [9.17, 15) is 4.79 Å². The number of aromatic nitrogens is 1. The van der Waals surface area contributed by atoms with Gasteiger partial charge < -0.3 is 4.57 Å². The van der Waals surface area contributed by atoms with E-state index in [1.54, 1.807) is 0 Å². The first-order chi connectivity index (χ1) is 8.02. The highest BCUT2D eigenvalue weighted by Crippen LogP contribution is 2.23. The van der Waals surface area contributed by atoms with Gasteiger partial charge >= 0.3 is 0 Å². The maximum Gasteiger partial charge on any atom is 0.198 e. The van der Waals surface area contributed by atoms with Crippen molar-refractivity contribution in [3.05, 3.63) is 30.7 Å². The summed E-state index contributed by atoms with van der Waals surface area (Å²) in [4.78, 5) is 12.3. The highest BCUT2D eigenvalue weighted by atomic mass is 127. The van der Waals surface area contributed by atoms with E-state index in [1.807, 2.05) is 0 Å². The zero-order valence-corrected chi connectivity index (χ0v) is 13.0. The van der Waals surface area contributed by atoms with Crippen LogP contribution in [0, 0.1) is 16.4 Å². The molecule has 0 amide bonds. The van der Waals surface area contributed by atoms with Crippen LogP contribution in [0.3, 0.4) is 0 Å². The standard InChI is InChI=1S/C14H20INO/c1-9(2)8-16-10(3)13(15)14(17)11-6-4-5-7-12(11)16/h9H,4-8H2,1-3H3. The Morgan fingerprint density at radius 2 is 1.94 bits per heavy atom. The summed E-state index contributed by atoms with van der Waals surface area (Å²) in [5, 5.41) is 0. The summed E-state index contributed by atoms with van der Waals surface area (Å²) in [7, 11) is 0. The Bertz CT molecular complexity index is 488. The molecule has 0 unspecified atom stereocenters. The third kappa shape index (κ3) is 2.44. The minimum Gasteiger partial charge on any atom is -0.347 e. The highest BCUT2D eigenvalue weighted by Gasteiger charge is 2.20. The van der Waals surface area contributed by atoms with Gasteiger partial charge in [-0.05, 0) is 61.1 Å². The molecular weight excluding hydrogens is 325 g/mol. The lowest BCUT2D eigenvalue weighted by Crippen LogP contribution is -2.28. The van der Waals surface area contributed by atoms with Crippen molar-refractivity contribution in [1.29, 1.82) is 0 Å². The molecule has 94 valence electrons. The summed E-state index contributed by atoms with van der Waals surface area (Å²) in [6, 6.07) is 0. The average Bonchev–Trinajstić information content (AvgIpc) is 2.31. The van der Waals surface area contributed by atoms with Crippen LogP contribution in [0.25, 0.3) is 0 Å². The molecule has 1 aromatic heterocycles. The Kier molecular flexibility index (Phi) is 3.95. The van der Waals surface area contributed by atoms with E-state index in [0.29, 0.717) is 5.92 Å². The summed E-state index contributed by atoms with van der Waals surface area (Å²) in [6.07, 6.45) is 4.45. The van der Waals surface area contributed by atoms with Crippen LogP contribution in [0.1, 0.15) is 43.6 Å². The molecule has 2 rings (SSSR count). The van der Waals surface area contributed by atoms with Gasteiger partial charge in [0.1, 0.15) is 0 Å². The molecule has 0 aromatic carbocycles. The topological polar surface area (TPSA) is 22.0 Å². The molecule has 0 saturated heterocycles. The normalized spacial score (nSPS) is 15.1. The van der Waals surface area contributed by atoms with Crippen molar-refractivity contribution in [2.75, 3.05) is 0 Å². The molecule has 0 atom stereocenters. The number of rotatable bonds is 2. The predicted octanol–water partition coefficient (Wildman–Crippen LogP) is 3.30. The minimum atomic E-state index is 0.290. The van der Waals surface area contributed by atoms with Crippen molar-refractivity contribution in [3.8, 4) is 0 Å². The maximum absolute atomic E-state index is 12.3. The number of pyridine rings is 1. The van der Waals surface area contributed by atoms with Crippen LogP contribution in [-0.4, -0.2) is 4.57 Å². The van der Waals surface area contributed by atoms with Crippen molar-refractivity contribution in [3.63, 3.8) is 0 Å². The quantitative estimate of drug-likeness (QED) is 0.754. The molecule has 0 spiro atoms. The predicted molar refractivity (Wildman–Crippen MR) is 79.6 cm³/mol. The molecule has 1 aliphatic carbocycles. The largest absolute Gasteiger partial charge is 0.347 e. The van der Waals surface area contributed by atoms with Crippen molar-refractivity contribution < 1.29 is 0 Å². The second kappa shape index (κ2) is 5.12. The van der Waals surface area contributed by atoms with Crippen molar-refractivity contribution in [2.24, 2.45) is 5.92 Å². The Morgan fingerprint density at radius 1 is 1.29 bits per heavy atom. The van der Waals surface area contributed by atoms with E-state index in [2.05, 4.69) is 47.9 Å². The van der Waals surface area contributed by atoms with Gasteiger partial charge in [-0.3, -0.25) is 4.79 Å². The molecule has 1 heterocycles. The summed E-state index contributed by atoms with van der Waals surface area (Å²) in [6.45, 7) is 7.59. The number of fused-ring (bicyclic) bond motifs is 1. The summed E-state index contributed by atoms with van der Waals surface area (Å²) in [5.74, 6) is 0.623. The van der Waals surface area contributed by atoms with Crippen LogP contribution < -0.4 is 5.43 Å². The molecule has 17 heavy (non-hydrogen) atoms. The molecule has 1 aromatic rings. The third-order valence-electron chi connectivity index (χ3n) is 3.51. The fraction of sp³-hybridized carbons (Fsp3) is 0.643. The van der Waals surface area contributed by atoms with Crippen molar-refractivity contribution >= 4 is 22.6 Å². The van der Waals surface area contributed by atoms with Gasteiger partial charge in [0.05, 0.1) is 3.57 Å². The second-order valence-electron chi connectivity index (χ2n) is 5.37. The molecule has 0 bridgehead atoms. The van der Waals surface area contributed by atoms with E-state index in [1.165, 1.54) is 18.5 Å². The SMILES string of the molecule is Cc1c(I)c(=O)c2c(n1CC(C)C)CCCC2. The van der Waals surface area contributed by atoms with Gasteiger partial charge in [0.25, 0.3) is 0 Å². The van der Waals surface area contributed by atoms with Crippen LogP contribution in [-0.2, 0) is 19.4 Å². The monoisotopic (exact) mass is 345 g/mol. The third-order valence-corrected chi connectivity index (χ3v) is 4.78. The summed E-state index contributed by atoms with van der Waals surface area (Å²) in [5.41, 5.74) is 3.85. The number of halogens is 1. The summed E-state index contributed by atoms with van der Waals surface area (Å²) >= 11 is 2.21. The van der Waals surface area contributed by atoms with E-state index < -0.39 is 0 Å². The first-order valence-corrected chi connectivity index (χ1v) is 7.51. The molecule has 0 aliphatic heterocycles. The second-order valence-corrected chi connectivity index (χ2v) is 6.44. The van der Waals surface area contributed by atoms with Gasteiger partial charge in [-0.1, -0.05) is 13.8 Å². The first kappa shape index (κ1) is 13.1. The minimum absolute atomic E-state index is 0.290. The van der Waals surface area contributed by atoms with Crippen molar-refractivity contribution in [1.82, 2.24) is 4.57 Å². The number of nitrogens with zero attached hydrogens (tertiary/aromatic N) is 1. The van der Waals surface area contributed by atoms with Gasteiger partial charge in [0.15, 0.2) is 5.43 Å². The molecule has 0 N–H and O–H groups in total. The van der Waals surface area contributed by atoms with Gasteiger partial charge in [-0.15, -0.1) is 0 Å². The van der Waals surface area contributed by atoms with E-state index >= 15 is 0 Å². The maximum atomic E-state index is 12.3. The summed E-state index contributed by atoms with van der Waals surface area (Å²) < 4.78 is 3.31. The molecule has 0 radical (unpaired) electrons. The lowest BCUT2D eigenvalue weighted by atomic mass is 9.94. The number of hydrogen-bond acceptors (Lipinski definition) is 1. The van der Waals surface area contributed by atoms with Gasteiger partial charge in [0, 0.05) is 23.5 Å². The van der Waals surface area contributed by atoms with Gasteiger partial charge in [-0.2, -0.15) is 0 Å². The fourth-order valence-corrected chi connectivity index (χ4v) is 3.28. The zero-order valence-electron chi connectivity index (χ0n) is 10.8. The van der Waals surface area contributed by atoms with Gasteiger partial charge in [0.2, 0.25) is 0 Å². The molecule has 0 fully saturated rings. The highest BCUT2D eigenvalue weighted by molar-refractivity contribution is 14.1. The average molecular weight is 345 g/mol. The molecule has 0 saturated carbocycles. The Balaban J connectivity index is 2.64. The first-order valence-electron chi connectivity index (χ1n) is 6.43. The molecular formula is C14H20INO. The van der Waals surface area contributed by atoms with Crippen LogP contribution in [0.2, 0.25) is 0 Å². The van der Waals surface area contributed by atoms with Crippen LogP contribution in [0.15, 0.2) is 4.79 Å². The Morgan fingerprint density at radius 3 is 2.59 bits per heavy atom. The van der Waals surface area contributed by atoms with Crippen LogP contribution in [0.5, 0.6) is 0 Å². The smallest absolute Gasteiger partial charge is 0.198 e. The van der Waals surface area contributed by atoms with Crippen molar-refractivity contribution in [2.45, 2.75) is 53.0 Å². The fourth-order valence-electron chi connectivity index (χ4n) is 2.66. The molecule has 3 heteroatoms. The van der Waals surface area contributed by atoms with E-state index in [4.69, 9.17) is 0 Å². The zero-order chi connectivity index (χ0) is 12.6. The van der Waals surface area contributed by atoms with E-state index in [0.717, 1.165) is 34.2 Å². The lowest BCUT2D eigenvalue weighted by molar-refractivity contribution is 0.479. The molecule has 1 aliphatic rings. The van der Waals surface area contributed by atoms with Gasteiger partial charge in [-0.25, -0.2) is 0 Å². The van der Waals surface area contributed by atoms with Crippen LogP contribution >= 0.6 is 22.6 Å². The Labute approximate surface area is 117 Å². The lowest BCUT2D eigenvalue weighted by Gasteiger charge is -2.25. The van der Waals surface area contributed by atoms with Crippen LogP contribution in [0.4, 0.5) is 0 Å². The van der Waals surface area contributed by atoms with E-state index in [-0.39, 0.29) is 5.43 Å².